The van der Waals surface area contributed by atoms with E-state index in [4.69, 9.17) is 17.4 Å². The van der Waals surface area contributed by atoms with E-state index in [1.807, 2.05) is 0 Å². The Bertz CT molecular complexity index is 286. The van der Waals surface area contributed by atoms with Crippen LogP contribution in [0.25, 0.3) is 4.85 Å². The molecule has 0 aliphatic heterocycles. The molecule has 0 saturated carbocycles. The van der Waals surface area contributed by atoms with Crippen LogP contribution in [0.1, 0.15) is 32.1 Å². The van der Waals surface area contributed by atoms with Gasteiger partial charge in [-0.05, 0) is 19.3 Å². The van der Waals surface area contributed by atoms with Gasteiger partial charge in [0.05, 0.1) is 0 Å². The minimum Gasteiger partial charge on any atom is -0.480 e. The SMILES string of the molecule is [C-]#[N+]CCCC(=O)NCCCC[C@H](N)C(=O)O. The van der Waals surface area contributed by atoms with Crippen LogP contribution in [0.3, 0.4) is 0 Å². The zero-order chi connectivity index (χ0) is 13.1. The Hall–Kier alpha value is -1.61. The van der Waals surface area contributed by atoms with Crippen LogP contribution in [0, 0.1) is 6.57 Å². The van der Waals surface area contributed by atoms with Crippen molar-refractivity contribution in [3.8, 4) is 0 Å². The number of aliphatic carboxylic acids is 1. The van der Waals surface area contributed by atoms with Crippen molar-refractivity contribution in [2.24, 2.45) is 5.73 Å². The van der Waals surface area contributed by atoms with Gasteiger partial charge in [0.15, 0.2) is 0 Å². The van der Waals surface area contributed by atoms with E-state index in [1.165, 1.54) is 0 Å². The molecule has 17 heavy (non-hydrogen) atoms. The average Bonchev–Trinajstić information content (AvgIpc) is 2.28. The number of carbonyl (C=O) groups is 2. The number of hydrogen-bond donors (Lipinski definition) is 3. The molecular weight excluding hydrogens is 222 g/mol. The maximum absolute atomic E-state index is 11.2. The second-order valence-corrected chi connectivity index (χ2v) is 3.78. The third-order valence-corrected chi connectivity index (χ3v) is 2.26. The van der Waals surface area contributed by atoms with Crippen molar-refractivity contribution >= 4 is 11.9 Å². The van der Waals surface area contributed by atoms with Gasteiger partial charge >= 0.3 is 5.97 Å². The molecule has 0 aliphatic rings. The van der Waals surface area contributed by atoms with Crippen molar-refractivity contribution in [3.05, 3.63) is 11.4 Å². The summed E-state index contributed by atoms with van der Waals surface area (Å²) in [5.74, 6) is -1.05. The summed E-state index contributed by atoms with van der Waals surface area (Å²) >= 11 is 0. The zero-order valence-corrected chi connectivity index (χ0v) is 9.82. The summed E-state index contributed by atoms with van der Waals surface area (Å²) in [6, 6.07) is -0.815. The maximum Gasteiger partial charge on any atom is 0.320 e. The highest BCUT2D eigenvalue weighted by atomic mass is 16.4. The molecule has 0 rings (SSSR count). The van der Waals surface area contributed by atoms with E-state index in [2.05, 4.69) is 10.2 Å². The van der Waals surface area contributed by atoms with Gasteiger partial charge in [-0.15, -0.1) is 0 Å². The lowest BCUT2D eigenvalue weighted by Crippen LogP contribution is -2.30. The molecule has 0 fully saturated rings. The molecule has 6 heteroatoms. The number of amides is 1. The van der Waals surface area contributed by atoms with Crippen LogP contribution in [0.15, 0.2) is 0 Å². The first kappa shape index (κ1) is 15.4. The van der Waals surface area contributed by atoms with E-state index < -0.39 is 12.0 Å². The molecule has 0 radical (unpaired) electrons. The lowest BCUT2D eigenvalue weighted by atomic mass is 10.1. The second kappa shape index (κ2) is 9.60. The van der Waals surface area contributed by atoms with Crippen molar-refractivity contribution in [1.82, 2.24) is 5.32 Å². The number of carbonyl (C=O) groups excluding carboxylic acids is 1. The first-order valence-electron chi connectivity index (χ1n) is 5.66. The van der Waals surface area contributed by atoms with Gasteiger partial charge in [-0.25, -0.2) is 6.57 Å². The average molecular weight is 241 g/mol. The molecule has 0 spiro atoms. The van der Waals surface area contributed by atoms with Crippen molar-refractivity contribution in [2.75, 3.05) is 13.1 Å². The summed E-state index contributed by atoms with van der Waals surface area (Å²) in [6.07, 6.45) is 2.77. The van der Waals surface area contributed by atoms with E-state index in [-0.39, 0.29) is 5.91 Å². The largest absolute Gasteiger partial charge is 0.480 e. The second-order valence-electron chi connectivity index (χ2n) is 3.78. The zero-order valence-electron chi connectivity index (χ0n) is 9.82. The molecule has 0 aromatic rings. The predicted molar refractivity (Wildman–Crippen MR) is 63.2 cm³/mol. The normalized spacial score (nSPS) is 11.5. The molecule has 1 amide bonds. The number of nitrogens with one attached hydrogen (secondary N) is 1. The van der Waals surface area contributed by atoms with Crippen LogP contribution in [-0.2, 0) is 9.59 Å². The lowest BCUT2D eigenvalue weighted by molar-refractivity contribution is -0.138. The van der Waals surface area contributed by atoms with Crippen LogP contribution >= 0.6 is 0 Å². The molecule has 96 valence electrons. The lowest BCUT2D eigenvalue weighted by Gasteiger charge is -2.06. The summed E-state index contributed by atoms with van der Waals surface area (Å²) in [7, 11) is 0. The van der Waals surface area contributed by atoms with E-state index in [1.54, 1.807) is 0 Å². The Labute approximate surface area is 101 Å². The summed E-state index contributed by atoms with van der Waals surface area (Å²) in [5.41, 5.74) is 5.32. The smallest absolute Gasteiger partial charge is 0.320 e. The highest BCUT2D eigenvalue weighted by molar-refractivity contribution is 5.75. The summed E-state index contributed by atoms with van der Waals surface area (Å²) in [4.78, 5) is 24.7. The van der Waals surface area contributed by atoms with Gasteiger partial charge in [-0.1, -0.05) is 0 Å². The number of nitrogens with zero attached hydrogens (tertiary/aromatic N) is 1. The summed E-state index contributed by atoms with van der Waals surface area (Å²) < 4.78 is 0. The van der Waals surface area contributed by atoms with Gasteiger partial charge in [-0.3, -0.25) is 9.59 Å². The molecule has 0 aromatic heterocycles. The topological polar surface area (TPSA) is 96.8 Å². The number of hydrogen-bond acceptors (Lipinski definition) is 3. The van der Waals surface area contributed by atoms with E-state index >= 15 is 0 Å². The predicted octanol–water partition coefficient (Wildman–Crippen LogP) is 0.384. The highest BCUT2D eigenvalue weighted by Crippen LogP contribution is 1.98. The van der Waals surface area contributed by atoms with Gasteiger partial charge in [0.1, 0.15) is 6.04 Å². The molecule has 1 atom stereocenters. The van der Waals surface area contributed by atoms with Crippen molar-refractivity contribution in [2.45, 2.75) is 38.1 Å². The molecule has 0 unspecified atom stereocenters. The quantitative estimate of drug-likeness (QED) is 0.401. The van der Waals surface area contributed by atoms with Crippen molar-refractivity contribution in [1.29, 1.82) is 0 Å². The fourth-order valence-corrected chi connectivity index (χ4v) is 1.25. The first-order valence-corrected chi connectivity index (χ1v) is 5.66. The van der Waals surface area contributed by atoms with Crippen molar-refractivity contribution < 1.29 is 14.7 Å². The molecule has 4 N–H and O–H groups in total. The first-order chi connectivity index (χ1) is 8.07. The Morgan fingerprint density at radius 3 is 2.65 bits per heavy atom. The van der Waals surface area contributed by atoms with E-state index in [0.717, 1.165) is 6.42 Å². The standard InChI is InChI=1S/C11H19N3O3/c1-13-7-4-6-10(15)14-8-3-2-5-9(12)11(16)17/h9H,2-8,12H2,(H,14,15)(H,16,17)/t9-/m0/s1. The Balaban J connectivity index is 3.36. The fraction of sp³-hybridized carbons (Fsp3) is 0.727. The minimum absolute atomic E-state index is 0.0591. The van der Waals surface area contributed by atoms with Crippen LogP contribution < -0.4 is 11.1 Å². The number of unbranched alkanes of at least 4 members (excludes halogenated alkanes) is 1. The molecule has 6 nitrogen and oxygen atoms in total. The van der Waals surface area contributed by atoms with Gasteiger partial charge in [-0.2, -0.15) is 0 Å². The van der Waals surface area contributed by atoms with E-state index in [0.29, 0.717) is 38.8 Å². The monoisotopic (exact) mass is 241 g/mol. The number of nitrogens with two attached hydrogens (primary N) is 1. The van der Waals surface area contributed by atoms with E-state index in [9.17, 15) is 9.59 Å². The molecule has 0 aromatic carbocycles. The molecule has 0 bridgehead atoms. The Morgan fingerprint density at radius 2 is 2.06 bits per heavy atom. The minimum atomic E-state index is -0.992. The third kappa shape index (κ3) is 9.33. The molecule has 0 aliphatic carbocycles. The van der Waals surface area contributed by atoms with Gasteiger partial charge < -0.3 is 21.0 Å². The Kier molecular flexibility index (Phi) is 8.69. The van der Waals surface area contributed by atoms with Crippen molar-refractivity contribution in [3.63, 3.8) is 0 Å². The van der Waals surface area contributed by atoms with Crippen LogP contribution in [-0.4, -0.2) is 36.1 Å². The van der Waals surface area contributed by atoms with Crippen LogP contribution in [0.2, 0.25) is 0 Å². The van der Waals surface area contributed by atoms with Crippen LogP contribution in [0.5, 0.6) is 0 Å². The van der Waals surface area contributed by atoms with Gasteiger partial charge in [0, 0.05) is 19.4 Å². The summed E-state index contributed by atoms with van der Waals surface area (Å²) in [5, 5.41) is 11.2. The highest BCUT2D eigenvalue weighted by Gasteiger charge is 2.10. The van der Waals surface area contributed by atoms with Crippen LogP contribution in [0.4, 0.5) is 0 Å². The Morgan fingerprint density at radius 1 is 1.35 bits per heavy atom. The fourth-order valence-electron chi connectivity index (χ4n) is 1.25. The summed E-state index contributed by atoms with van der Waals surface area (Å²) in [6.45, 7) is 7.45. The number of rotatable bonds is 9. The van der Waals surface area contributed by atoms with Gasteiger partial charge in [0.2, 0.25) is 12.5 Å². The molecule has 0 heterocycles. The number of carboxylic acids is 1. The molecular formula is C11H19N3O3. The number of carboxylic acid groups (broad SMARTS) is 1. The third-order valence-electron chi connectivity index (χ3n) is 2.26. The molecule has 0 saturated heterocycles. The maximum atomic E-state index is 11.2. The van der Waals surface area contributed by atoms with Gasteiger partial charge in [0.25, 0.3) is 0 Å².